The van der Waals surface area contributed by atoms with Crippen molar-refractivity contribution in [3.8, 4) is 0 Å². The molecular formula is C16H25BO4. The molecule has 0 aromatic heterocycles. The number of Topliss-reactive ketones (excluding diaryl/α,β-unsaturated/α-hetero) is 1. The molecule has 5 heteroatoms. The average Bonchev–Trinajstić information content (AvgIpc) is 2.36. The predicted octanol–water partition coefficient (Wildman–Crippen LogP) is 1.78. The van der Waals surface area contributed by atoms with Crippen LogP contribution in [0, 0.1) is 5.92 Å². The molecule has 0 radical (unpaired) electrons. The van der Waals surface area contributed by atoms with Gasteiger partial charge < -0.3 is 14.8 Å². The number of carbonyl (C=O) groups is 1. The zero-order chi connectivity index (χ0) is 16.4. The summed E-state index contributed by atoms with van der Waals surface area (Å²) in [7, 11) is -1.20. The Morgan fingerprint density at radius 2 is 1.81 bits per heavy atom. The minimum Gasteiger partial charge on any atom is -0.423 e. The third-order valence-electron chi connectivity index (χ3n) is 3.86. The zero-order valence-electron chi connectivity index (χ0n) is 13.7. The Bertz CT molecular complexity index is 503. The van der Waals surface area contributed by atoms with Crippen LogP contribution in [0.3, 0.4) is 0 Å². The molecule has 0 atom stereocenters. The van der Waals surface area contributed by atoms with Crippen molar-refractivity contribution in [2.24, 2.45) is 5.92 Å². The lowest BCUT2D eigenvalue weighted by Crippen LogP contribution is -2.53. The van der Waals surface area contributed by atoms with Crippen molar-refractivity contribution in [2.75, 3.05) is 0 Å². The highest BCUT2D eigenvalue weighted by Crippen LogP contribution is 2.25. The Kier molecular flexibility index (Phi) is 5.37. The van der Waals surface area contributed by atoms with E-state index in [2.05, 4.69) is 0 Å². The Balaban J connectivity index is 2.97. The van der Waals surface area contributed by atoms with Crippen LogP contribution in [0.25, 0.3) is 0 Å². The minimum atomic E-state index is -1.20. The molecule has 0 amide bonds. The molecule has 4 nitrogen and oxygen atoms in total. The fraction of sp³-hybridized carbons (Fsp3) is 0.562. The van der Waals surface area contributed by atoms with Gasteiger partial charge in [-0.3, -0.25) is 4.79 Å². The molecule has 116 valence electrons. The van der Waals surface area contributed by atoms with Gasteiger partial charge >= 0.3 is 7.12 Å². The van der Waals surface area contributed by atoms with E-state index in [0.29, 0.717) is 11.0 Å². The number of ketones is 1. The van der Waals surface area contributed by atoms with Gasteiger partial charge in [0.1, 0.15) is 0 Å². The summed E-state index contributed by atoms with van der Waals surface area (Å²) in [6, 6.07) is 6.77. The van der Waals surface area contributed by atoms with Gasteiger partial charge in [-0.05, 0) is 33.2 Å². The fourth-order valence-corrected chi connectivity index (χ4v) is 1.67. The SMILES string of the molecule is CC(C)C(=O)c1cccc(B(O)OC(C)(C)C(C)(C)O)c1. The van der Waals surface area contributed by atoms with Gasteiger partial charge in [-0.25, -0.2) is 0 Å². The summed E-state index contributed by atoms with van der Waals surface area (Å²) < 4.78 is 5.58. The first kappa shape index (κ1) is 17.9. The largest absolute Gasteiger partial charge is 0.491 e. The monoisotopic (exact) mass is 292 g/mol. The van der Waals surface area contributed by atoms with Gasteiger partial charge in [-0.1, -0.05) is 38.1 Å². The van der Waals surface area contributed by atoms with E-state index in [9.17, 15) is 14.9 Å². The van der Waals surface area contributed by atoms with Crippen LogP contribution < -0.4 is 5.46 Å². The van der Waals surface area contributed by atoms with Crippen molar-refractivity contribution in [3.05, 3.63) is 29.8 Å². The molecule has 0 aliphatic carbocycles. The maximum absolute atomic E-state index is 12.0. The second-order valence-corrected chi connectivity index (χ2v) is 6.68. The zero-order valence-corrected chi connectivity index (χ0v) is 13.7. The molecule has 1 rings (SSSR count). The maximum Gasteiger partial charge on any atom is 0.491 e. The van der Waals surface area contributed by atoms with Crippen LogP contribution >= 0.6 is 0 Å². The number of benzene rings is 1. The van der Waals surface area contributed by atoms with Gasteiger partial charge in [0.05, 0.1) is 11.2 Å². The molecule has 0 bridgehead atoms. The van der Waals surface area contributed by atoms with E-state index in [1.54, 1.807) is 52.0 Å². The normalized spacial score (nSPS) is 12.6. The van der Waals surface area contributed by atoms with E-state index in [-0.39, 0.29) is 11.7 Å². The summed E-state index contributed by atoms with van der Waals surface area (Å²) >= 11 is 0. The van der Waals surface area contributed by atoms with Crippen molar-refractivity contribution in [1.29, 1.82) is 0 Å². The summed E-state index contributed by atoms with van der Waals surface area (Å²) in [6.07, 6.45) is 0. The molecular weight excluding hydrogens is 267 g/mol. The summed E-state index contributed by atoms with van der Waals surface area (Å²) in [5.41, 5.74) is -1.01. The first-order valence-corrected chi connectivity index (χ1v) is 7.18. The van der Waals surface area contributed by atoms with Gasteiger partial charge in [0.25, 0.3) is 0 Å². The van der Waals surface area contributed by atoms with Crippen molar-refractivity contribution >= 4 is 18.4 Å². The van der Waals surface area contributed by atoms with E-state index < -0.39 is 18.3 Å². The van der Waals surface area contributed by atoms with Gasteiger partial charge in [-0.2, -0.15) is 0 Å². The highest BCUT2D eigenvalue weighted by Gasteiger charge is 2.39. The molecule has 2 N–H and O–H groups in total. The van der Waals surface area contributed by atoms with Gasteiger partial charge in [-0.15, -0.1) is 0 Å². The molecule has 0 saturated carbocycles. The number of carbonyl (C=O) groups excluding carboxylic acids is 1. The van der Waals surface area contributed by atoms with Crippen molar-refractivity contribution in [2.45, 2.75) is 52.7 Å². The van der Waals surface area contributed by atoms with E-state index in [4.69, 9.17) is 4.65 Å². The molecule has 0 unspecified atom stereocenters. The van der Waals surface area contributed by atoms with Crippen LogP contribution in [0.15, 0.2) is 24.3 Å². The van der Waals surface area contributed by atoms with Crippen molar-refractivity contribution < 1.29 is 19.6 Å². The number of hydrogen-bond donors (Lipinski definition) is 2. The highest BCUT2D eigenvalue weighted by molar-refractivity contribution is 6.60. The van der Waals surface area contributed by atoms with E-state index >= 15 is 0 Å². The quantitative estimate of drug-likeness (QED) is 0.619. The van der Waals surface area contributed by atoms with Crippen LogP contribution in [0.2, 0.25) is 0 Å². The van der Waals surface area contributed by atoms with Crippen LogP contribution in [-0.2, 0) is 4.65 Å². The number of hydrogen-bond acceptors (Lipinski definition) is 4. The Labute approximate surface area is 127 Å². The van der Waals surface area contributed by atoms with Crippen LogP contribution in [0.1, 0.15) is 51.9 Å². The van der Waals surface area contributed by atoms with Gasteiger partial charge in [0.15, 0.2) is 5.78 Å². The fourth-order valence-electron chi connectivity index (χ4n) is 1.67. The lowest BCUT2D eigenvalue weighted by molar-refractivity contribution is -0.0982. The van der Waals surface area contributed by atoms with E-state index in [0.717, 1.165) is 0 Å². The Morgan fingerprint density at radius 1 is 1.24 bits per heavy atom. The molecule has 0 aliphatic rings. The standard InChI is InChI=1S/C16H25BO4/c1-11(2)14(18)12-8-7-9-13(10-12)17(20)21-16(5,6)15(3,4)19/h7-11,19-20H,1-6H3. The second kappa shape index (κ2) is 6.30. The molecule has 0 heterocycles. The lowest BCUT2D eigenvalue weighted by Gasteiger charge is -2.38. The lowest BCUT2D eigenvalue weighted by atomic mass is 9.75. The third kappa shape index (κ3) is 4.40. The molecule has 0 spiro atoms. The first-order valence-electron chi connectivity index (χ1n) is 7.18. The third-order valence-corrected chi connectivity index (χ3v) is 3.86. The first-order chi connectivity index (χ1) is 9.45. The number of aliphatic hydroxyl groups is 1. The maximum atomic E-state index is 12.0. The molecule has 1 aromatic carbocycles. The summed E-state index contributed by atoms with van der Waals surface area (Å²) in [5, 5.41) is 20.3. The van der Waals surface area contributed by atoms with Crippen LogP contribution in [0.4, 0.5) is 0 Å². The van der Waals surface area contributed by atoms with Crippen molar-refractivity contribution in [3.63, 3.8) is 0 Å². The molecule has 21 heavy (non-hydrogen) atoms. The average molecular weight is 292 g/mol. The summed E-state index contributed by atoms with van der Waals surface area (Å²) in [6.45, 7) is 10.3. The number of rotatable bonds is 6. The van der Waals surface area contributed by atoms with E-state index in [1.807, 2.05) is 13.8 Å². The topological polar surface area (TPSA) is 66.8 Å². The van der Waals surface area contributed by atoms with E-state index in [1.165, 1.54) is 0 Å². The smallest absolute Gasteiger partial charge is 0.423 e. The highest BCUT2D eigenvalue weighted by atomic mass is 16.5. The second-order valence-electron chi connectivity index (χ2n) is 6.68. The van der Waals surface area contributed by atoms with Crippen molar-refractivity contribution in [1.82, 2.24) is 0 Å². The van der Waals surface area contributed by atoms with Gasteiger partial charge in [0.2, 0.25) is 0 Å². The summed E-state index contributed by atoms with van der Waals surface area (Å²) in [5.74, 6) is -0.0862. The van der Waals surface area contributed by atoms with Crippen LogP contribution in [0.5, 0.6) is 0 Å². The molecule has 0 saturated heterocycles. The molecule has 0 aliphatic heterocycles. The summed E-state index contributed by atoms with van der Waals surface area (Å²) in [4.78, 5) is 12.0. The minimum absolute atomic E-state index is 0.0193. The Morgan fingerprint density at radius 3 is 2.29 bits per heavy atom. The Hall–Kier alpha value is -1.17. The van der Waals surface area contributed by atoms with Crippen LogP contribution in [-0.4, -0.2) is 34.2 Å². The predicted molar refractivity (Wildman–Crippen MR) is 84.7 cm³/mol. The molecule has 0 fully saturated rings. The molecule has 1 aromatic rings. The van der Waals surface area contributed by atoms with Gasteiger partial charge in [0, 0.05) is 11.5 Å².